The molecule has 0 bridgehead atoms. The van der Waals surface area contributed by atoms with Crippen LogP contribution in [0.5, 0.6) is 0 Å². The van der Waals surface area contributed by atoms with Gasteiger partial charge in [-0.2, -0.15) is 0 Å². The van der Waals surface area contributed by atoms with Crippen molar-refractivity contribution in [1.29, 1.82) is 0 Å². The van der Waals surface area contributed by atoms with Crippen molar-refractivity contribution in [2.45, 2.75) is 20.0 Å². The molecular formula is C10H11BrF2O. The van der Waals surface area contributed by atoms with Gasteiger partial charge >= 0.3 is 0 Å². The molecule has 1 aromatic carbocycles. The maximum Gasteiger partial charge on any atom is 0.146 e. The molecule has 0 aliphatic heterocycles. The fourth-order valence-corrected chi connectivity index (χ4v) is 1.49. The molecule has 1 rings (SSSR count). The van der Waals surface area contributed by atoms with E-state index in [-0.39, 0.29) is 16.0 Å². The lowest BCUT2D eigenvalue weighted by Gasteiger charge is -2.16. The van der Waals surface area contributed by atoms with Gasteiger partial charge in [0.1, 0.15) is 11.6 Å². The molecule has 0 aliphatic carbocycles. The second kappa shape index (κ2) is 4.36. The topological polar surface area (TPSA) is 20.2 Å². The molecule has 0 aliphatic rings. The van der Waals surface area contributed by atoms with E-state index in [1.807, 2.05) is 0 Å². The molecule has 0 heterocycles. The summed E-state index contributed by atoms with van der Waals surface area (Å²) in [6, 6.07) is 2.41. The maximum atomic E-state index is 13.4. The summed E-state index contributed by atoms with van der Waals surface area (Å²) in [5.41, 5.74) is -0.269. The lowest BCUT2D eigenvalue weighted by molar-refractivity contribution is 0.118. The minimum Gasteiger partial charge on any atom is -0.388 e. The highest BCUT2D eigenvalue weighted by atomic mass is 79.9. The van der Waals surface area contributed by atoms with E-state index < -0.39 is 17.7 Å². The molecule has 0 spiro atoms. The van der Waals surface area contributed by atoms with Crippen LogP contribution in [0.15, 0.2) is 16.6 Å². The van der Waals surface area contributed by atoms with Crippen LogP contribution in [0, 0.1) is 17.6 Å². The Hall–Kier alpha value is -0.480. The van der Waals surface area contributed by atoms with Crippen molar-refractivity contribution >= 4 is 15.9 Å². The SMILES string of the molecule is CC(C)C(O)c1c(F)ccc(Br)c1F. The highest BCUT2D eigenvalue weighted by Gasteiger charge is 2.22. The first kappa shape index (κ1) is 11.6. The van der Waals surface area contributed by atoms with Crippen molar-refractivity contribution in [2.75, 3.05) is 0 Å². The predicted molar refractivity (Wildman–Crippen MR) is 53.9 cm³/mol. The van der Waals surface area contributed by atoms with Crippen LogP contribution in [0.4, 0.5) is 8.78 Å². The highest BCUT2D eigenvalue weighted by molar-refractivity contribution is 9.10. The smallest absolute Gasteiger partial charge is 0.146 e. The van der Waals surface area contributed by atoms with Crippen LogP contribution in [0.3, 0.4) is 0 Å². The summed E-state index contributed by atoms with van der Waals surface area (Å²) in [5.74, 6) is -1.67. The van der Waals surface area contributed by atoms with Gasteiger partial charge in [0, 0.05) is 0 Å². The van der Waals surface area contributed by atoms with Gasteiger partial charge in [-0.3, -0.25) is 0 Å². The predicted octanol–water partition coefficient (Wildman–Crippen LogP) is 3.42. The number of hydrogen-bond donors (Lipinski definition) is 1. The number of aliphatic hydroxyl groups is 1. The molecule has 1 unspecified atom stereocenters. The summed E-state index contributed by atoms with van der Waals surface area (Å²) in [7, 11) is 0. The average molecular weight is 265 g/mol. The van der Waals surface area contributed by atoms with Crippen LogP contribution in [-0.4, -0.2) is 5.11 Å². The first-order valence-corrected chi connectivity index (χ1v) is 5.06. The normalized spacial score (nSPS) is 13.4. The summed E-state index contributed by atoms with van der Waals surface area (Å²) in [5, 5.41) is 9.58. The van der Waals surface area contributed by atoms with Gasteiger partial charge < -0.3 is 5.11 Å². The first-order valence-electron chi connectivity index (χ1n) is 4.26. The van der Waals surface area contributed by atoms with E-state index in [0.717, 1.165) is 6.07 Å². The van der Waals surface area contributed by atoms with E-state index in [9.17, 15) is 13.9 Å². The van der Waals surface area contributed by atoms with Crippen LogP contribution in [0.25, 0.3) is 0 Å². The largest absolute Gasteiger partial charge is 0.388 e. The van der Waals surface area contributed by atoms with E-state index in [2.05, 4.69) is 15.9 Å². The van der Waals surface area contributed by atoms with Crippen LogP contribution < -0.4 is 0 Å². The summed E-state index contributed by atoms with van der Waals surface area (Å²) >= 11 is 2.94. The number of aliphatic hydroxyl groups excluding tert-OH is 1. The molecule has 78 valence electrons. The van der Waals surface area contributed by atoms with Gasteiger partial charge in [-0.15, -0.1) is 0 Å². The van der Waals surface area contributed by atoms with E-state index in [1.54, 1.807) is 13.8 Å². The fraction of sp³-hybridized carbons (Fsp3) is 0.400. The summed E-state index contributed by atoms with van der Waals surface area (Å²) in [6.07, 6.45) is -1.12. The van der Waals surface area contributed by atoms with Crippen molar-refractivity contribution in [3.05, 3.63) is 33.8 Å². The van der Waals surface area contributed by atoms with E-state index >= 15 is 0 Å². The van der Waals surface area contributed by atoms with E-state index in [4.69, 9.17) is 0 Å². The lowest BCUT2D eigenvalue weighted by atomic mass is 9.98. The third-order valence-electron chi connectivity index (χ3n) is 2.01. The molecule has 0 radical (unpaired) electrons. The Morgan fingerprint density at radius 1 is 1.29 bits per heavy atom. The Labute approximate surface area is 89.9 Å². The minimum atomic E-state index is -1.12. The van der Waals surface area contributed by atoms with Crippen LogP contribution >= 0.6 is 15.9 Å². The number of hydrogen-bond acceptors (Lipinski definition) is 1. The third kappa shape index (κ3) is 2.12. The molecule has 1 N–H and O–H groups in total. The van der Waals surface area contributed by atoms with Crippen LogP contribution in [0.1, 0.15) is 25.5 Å². The average Bonchev–Trinajstić information content (AvgIpc) is 2.12. The maximum absolute atomic E-state index is 13.4. The van der Waals surface area contributed by atoms with Gasteiger partial charge in [-0.25, -0.2) is 8.78 Å². The zero-order valence-electron chi connectivity index (χ0n) is 7.89. The van der Waals surface area contributed by atoms with Gasteiger partial charge in [0.25, 0.3) is 0 Å². The Bertz CT molecular complexity index is 339. The van der Waals surface area contributed by atoms with Gasteiger partial charge in [0.2, 0.25) is 0 Å². The van der Waals surface area contributed by atoms with Crippen molar-refractivity contribution in [1.82, 2.24) is 0 Å². The second-order valence-electron chi connectivity index (χ2n) is 3.45. The van der Waals surface area contributed by atoms with Gasteiger partial charge in [0.15, 0.2) is 0 Å². The second-order valence-corrected chi connectivity index (χ2v) is 4.30. The molecule has 1 nitrogen and oxygen atoms in total. The van der Waals surface area contributed by atoms with Gasteiger partial charge in [0.05, 0.1) is 16.1 Å². The summed E-state index contributed by atoms with van der Waals surface area (Å²) in [4.78, 5) is 0. The molecular weight excluding hydrogens is 254 g/mol. The zero-order valence-corrected chi connectivity index (χ0v) is 9.48. The van der Waals surface area contributed by atoms with Crippen molar-refractivity contribution < 1.29 is 13.9 Å². The Kier molecular flexibility index (Phi) is 3.61. The number of halogens is 3. The monoisotopic (exact) mass is 264 g/mol. The van der Waals surface area contributed by atoms with Crippen molar-refractivity contribution in [2.24, 2.45) is 5.92 Å². The molecule has 0 aromatic heterocycles. The quantitative estimate of drug-likeness (QED) is 0.812. The minimum absolute atomic E-state index is 0.161. The molecule has 1 atom stereocenters. The summed E-state index contributed by atoms with van der Waals surface area (Å²) in [6.45, 7) is 3.40. The van der Waals surface area contributed by atoms with E-state index in [1.165, 1.54) is 6.07 Å². The third-order valence-corrected chi connectivity index (χ3v) is 2.62. The molecule has 4 heteroatoms. The van der Waals surface area contributed by atoms with Crippen molar-refractivity contribution in [3.63, 3.8) is 0 Å². The number of rotatable bonds is 2. The molecule has 0 saturated heterocycles. The Morgan fingerprint density at radius 3 is 2.36 bits per heavy atom. The van der Waals surface area contributed by atoms with Gasteiger partial charge in [-0.05, 0) is 34.0 Å². The molecule has 0 fully saturated rings. The zero-order chi connectivity index (χ0) is 10.9. The Balaban J connectivity index is 3.25. The lowest BCUT2D eigenvalue weighted by Crippen LogP contribution is -2.10. The van der Waals surface area contributed by atoms with Crippen molar-refractivity contribution in [3.8, 4) is 0 Å². The first-order chi connectivity index (χ1) is 6.45. The number of benzene rings is 1. The molecule has 0 amide bonds. The van der Waals surface area contributed by atoms with Gasteiger partial charge in [-0.1, -0.05) is 13.8 Å². The Morgan fingerprint density at radius 2 is 1.86 bits per heavy atom. The molecule has 0 saturated carbocycles. The van der Waals surface area contributed by atoms with Crippen LogP contribution in [0.2, 0.25) is 0 Å². The van der Waals surface area contributed by atoms with E-state index in [0.29, 0.717) is 0 Å². The molecule has 1 aromatic rings. The standard InChI is InChI=1S/C10H11BrF2O/c1-5(2)10(14)8-7(12)4-3-6(11)9(8)13/h3-5,10,14H,1-2H3. The van der Waals surface area contributed by atoms with Crippen LogP contribution in [-0.2, 0) is 0 Å². The molecule has 14 heavy (non-hydrogen) atoms. The highest BCUT2D eigenvalue weighted by Crippen LogP contribution is 2.30. The summed E-state index contributed by atoms with van der Waals surface area (Å²) < 4.78 is 26.8. The fourth-order valence-electron chi connectivity index (χ4n) is 1.15.